The van der Waals surface area contributed by atoms with Crippen molar-refractivity contribution in [1.82, 2.24) is 0 Å². The molecule has 1 aromatic carbocycles. The van der Waals surface area contributed by atoms with E-state index in [-0.39, 0.29) is 0 Å². The van der Waals surface area contributed by atoms with E-state index in [4.69, 9.17) is 5.73 Å². The number of para-hydroxylation sites is 1. The number of nitrogens with two attached hydrogens (primary N) is 1. The van der Waals surface area contributed by atoms with Crippen LogP contribution in [0.15, 0.2) is 18.2 Å². The standard InChI is InChI=1S/C15H24N2/c1-12-8-7-11-14(16)15(12)17(2)13-9-5-3-4-6-10-13/h7-8,11,13H,3-6,9-10,16H2,1-2H3. The summed E-state index contributed by atoms with van der Waals surface area (Å²) in [6.07, 6.45) is 8.14. The quantitative estimate of drug-likeness (QED) is 0.622. The van der Waals surface area contributed by atoms with Crippen LogP contribution >= 0.6 is 0 Å². The summed E-state index contributed by atoms with van der Waals surface area (Å²) in [4.78, 5) is 2.41. The molecule has 1 aliphatic carbocycles. The molecule has 1 fully saturated rings. The second kappa shape index (κ2) is 5.44. The predicted molar refractivity (Wildman–Crippen MR) is 75.5 cm³/mol. The smallest absolute Gasteiger partial charge is 0.0629 e. The van der Waals surface area contributed by atoms with E-state index in [9.17, 15) is 0 Å². The first-order chi connectivity index (χ1) is 8.20. The topological polar surface area (TPSA) is 29.3 Å². The summed E-state index contributed by atoms with van der Waals surface area (Å²) in [5, 5.41) is 0. The van der Waals surface area contributed by atoms with Crippen LogP contribution in [0.1, 0.15) is 44.1 Å². The van der Waals surface area contributed by atoms with Crippen molar-refractivity contribution in [3.05, 3.63) is 23.8 Å². The van der Waals surface area contributed by atoms with Gasteiger partial charge in [0, 0.05) is 13.1 Å². The van der Waals surface area contributed by atoms with Gasteiger partial charge in [-0.1, -0.05) is 37.8 Å². The van der Waals surface area contributed by atoms with Crippen molar-refractivity contribution in [2.24, 2.45) is 0 Å². The van der Waals surface area contributed by atoms with E-state index < -0.39 is 0 Å². The second-order valence-corrected chi connectivity index (χ2v) is 5.27. The molecule has 0 radical (unpaired) electrons. The van der Waals surface area contributed by atoms with Crippen LogP contribution in [-0.4, -0.2) is 13.1 Å². The molecule has 0 aromatic heterocycles. The maximum absolute atomic E-state index is 6.13. The molecule has 94 valence electrons. The molecule has 2 heteroatoms. The third kappa shape index (κ3) is 2.74. The minimum Gasteiger partial charge on any atom is -0.397 e. The molecule has 0 saturated heterocycles. The van der Waals surface area contributed by atoms with Gasteiger partial charge in [0.25, 0.3) is 0 Å². The van der Waals surface area contributed by atoms with Crippen LogP contribution in [0.2, 0.25) is 0 Å². The van der Waals surface area contributed by atoms with E-state index in [0.717, 1.165) is 5.69 Å². The van der Waals surface area contributed by atoms with Crippen LogP contribution < -0.4 is 10.6 Å². The molecule has 17 heavy (non-hydrogen) atoms. The SMILES string of the molecule is Cc1cccc(N)c1N(C)C1CCCCCC1. The first kappa shape index (κ1) is 12.3. The van der Waals surface area contributed by atoms with Gasteiger partial charge in [-0.25, -0.2) is 0 Å². The zero-order valence-corrected chi connectivity index (χ0v) is 11.1. The maximum atomic E-state index is 6.13. The Bertz CT molecular complexity index is 345. The number of aryl methyl sites for hydroxylation is 1. The fourth-order valence-electron chi connectivity index (χ4n) is 2.99. The number of hydrogen-bond acceptors (Lipinski definition) is 2. The summed E-state index contributed by atoms with van der Waals surface area (Å²) >= 11 is 0. The summed E-state index contributed by atoms with van der Waals surface area (Å²) in [6.45, 7) is 2.15. The summed E-state index contributed by atoms with van der Waals surface area (Å²) in [7, 11) is 2.20. The molecule has 2 rings (SSSR count). The minimum absolute atomic E-state index is 0.668. The van der Waals surface area contributed by atoms with E-state index in [1.165, 1.54) is 49.8 Å². The Morgan fingerprint density at radius 1 is 1.12 bits per heavy atom. The molecule has 0 amide bonds. The minimum atomic E-state index is 0.668. The summed E-state index contributed by atoms with van der Waals surface area (Å²) in [5.74, 6) is 0. The van der Waals surface area contributed by atoms with Gasteiger partial charge in [0.1, 0.15) is 0 Å². The van der Waals surface area contributed by atoms with E-state index in [0.29, 0.717) is 6.04 Å². The number of rotatable bonds is 2. The maximum Gasteiger partial charge on any atom is 0.0629 e. The lowest BCUT2D eigenvalue weighted by Crippen LogP contribution is -2.32. The van der Waals surface area contributed by atoms with Crippen LogP contribution in [0.3, 0.4) is 0 Å². The van der Waals surface area contributed by atoms with Gasteiger partial charge >= 0.3 is 0 Å². The molecule has 0 aliphatic heterocycles. The fraction of sp³-hybridized carbons (Fsp3) is 0.600. The van der Waals surface area contributed by atoms with Crippen LogP contribution in [0.25, 0.3) is 0 Å². The van der Waals surface area contributed by atoms with Crippen molar-refractivity contribution in [2.45, 2.75) is 51.5 Å². The molecular formula is C15H24N2. The van der Waals surface area contributed by atoms with E-state index in [1.54, 1.807) is 0 Å². The van der Waals surface area contributed by atoms with Crippen molar-refractivity contribution in [3.63, 3.8) is 0 Å². The van der Waals surface area contributed by atoms with Crippen molar-refractivity contribution in [1.29, 1.82) is 0 Å². The lowest BCUT2D eigenvalue weighted by Gasteiger charge is -2.31. The molecule has 2 N–H and O–H groups in total. The van der Waals surface area contributed by atoms with Gasteiger partial charge < -0.3 is 10.6 Å². The van der Waals surface area contributed by atoms with Gasteiger partial charge in [-0.05, 0) is 31.4 Å². The third-order valence-corrected chi connectivity index (χ3v) is 3.99. The molecule has 0 heterocycles. The van der Waals surface area contributed by atoms with Gasteiger partial charge in [-0.15, -0.1) is 0 Å². The molecule has 0 bridgehead atoms. The first-order valence-corrected chi connectivity index (χ1v) is 6.78. The highest BCUT2D eigenvalue weighted by atomic mass is 15.1. The number of hydrogen-bond donors (Lipinski definition) is 1. The van der Waals surface area contributed by atoms with Gasteiger partial charge in [-0.3, -0.25) is 0 Å². The molecule has 2 nitrogen and oxygen atoms in total. The number of anilines is 2. The Balaban J connectivity index is 2.20. The lowest BCUT2D eigenvalue weighted by molar-refractivity contribution is 0.553. The monoisotopic (exact) mass is 232 g/mol. The Kier molecular flexibility index (Phi) is 3.93. The summed E-state index contributed by atoms with van der Waals surface area (Å²) in [5.41, 5.74) is 9.56. The second-order valence-electron chi connectivity index (χ2n) is 5.27. The highest BCUT2D eigenvalue weighted by Crippen LogP contribution is 2.31. The van der Waals surface area contributed by atoms with Crippen LogP contribution in [0.5, 0.6) is 0 Å². The van der Waals surface area contributed by atoms with Crippen molar-refractivity contribution in [3.8, 4) is 0 Å². The molecular weight excluding hydrogens is 208 g/mol. The zero-order chi connectivity index (χ0) is 12.3. The van der Waals surface area contributed by atoms with E-state index >= 15 is 0 Å². The van der Waals surface area contributed by atoms with Crippen molar-refractivity contribution >= 4 is 11.4 Å². The predicted octanol–water partition coefficient (Wildman–Crippen LogP) is 3.74. The molecule has 0 spiro atoms. The van der Waals surface area contributed by atoms with Gasteiger partial charge in [0.2, 0.25) is 0 Å². The Labute approximate surface area is 105 Å². The van der Waals surface area contributed by atoms with Gasteiger partial charge in [-0.2, -0.15) is 0 Å². The normalized spacial score (nSPS) is 17.8. The van der Waals surface area contributed by atoms with Crippen LogP contribution in [-0.2, 0) is 0 Å². The van der Waals surface area contributed by atoms with Crippen molar-refractivity contribution in [2.75, 3.05) is 17.7 Å². The molecule has 1 aromatic rings. The van der Waals surface area contributed by atoms with Crippen molar-refractivity contribution < 1.29 is 0 Å². The summed E-state index contributed by atoms with van der Waals surface area (Å²) < 4.78 is 0. The van der Waals surface area contributed by atoms with E-state index in [2.05, 4.69) is 24.9 Å². The fourth-order valence-corrected chi connectivity index (χ4v) is 2.99. The molecule has 1 aliphatic rings. The van der Waals surface area contributed by atoms with Gasteiger partial charge in [0.05, 0.1) is 11.4 Å². The molecule has 1 saturated carbocycles. The average molecular weight is 232 g/mol. The zero-order valence-electron chi connectivity index (χ0n) is 11.1. The first-order valence-electron chi connectivity index (χ1n) is 6.78. The Morgan fingerprint density at radius 2 is 1.76 bits per heavy atom. The van der Waals surface area contributed by atoms with Crippen LogP contribution in [0, 0.1) is 6.92 Å². The average Bonchev–Trinajstić information content (AvgIpc) is 2.57. The highest BCUT2D eigenvalue weighted by molar-refractivity contribution is 5.71. The third-order valence-electron chi connectivity index (χ3n) is 3.99. The molecule has 0 atom stereocenters. The van der Waals surface area contributed by atoms with Crippen LogP contribution in [0.4, 0.5) is 11.4 Å². The number of nitrogen functional groups attached to an aromatic ring is 1. The highest BCUT2D eigenvalue weighted by Gasteiger charge is 2.19. The Hall–Kier alpha value is -1.18. The Morgan fingerprint density at radius 3 is 2.35 bits per heavy atom. The van der Waals surface area contributed by atoms with Gasteiger partial charge in [0.15, 0.2) is 0 Å². The molecule has 0 unspecified atom stereocenters. The number of nitrogens with zero attached hydrogens (tertiary/aromatic N) is 1. The van der Waals surface area contributed by atoms with E-state index in [1.807, 2.05) is 12.1 Å². The summed E-state index contributed by atoms with van der Waals surface area (Å²) in [6, 6.07) is 6.87. The lowest BCUT2D eigenvalue weighted by atomic mass is 10.0. The number of benzene rings is 1. The largest absolute Gasteiger partial charge is 0.397 e.